The van der Waals surface area contributed by atoms with Crippen molar-refractivity contribution in [3.8, 4) is 11.1 Å². The zero-order valence-corrected chi connectivity index (χ0v) is 21.3. The third-order valence-electron chi connectivity index (χ3n) is 7.48. The van der Waals surface area contributed by atoms with Crippen LogP contribution in [0.25, 0.3) is 43.4 Å². The molecule has 0 aliphatic heterocycles. The van der Waals surface area contributed by atoms with Crippen LogP contribution in [-0.4, -0.2) is 0 Å². The van der Waals surface area contributed by atoms with Gasteiger partial charge in [-0.05, 0) is 86.8 Å². The van der Waals surface area contributed by atoms with Crippen molar-refractivity contribution in [1.29, 1.82) is 0 Å². The molecule has 0 radical (unpaired) electrons. The van der Waals surface area contributed by atoms with Gasteiger partial charge in [0, 0.05) is 17.1 Å². The number of anilines is 3. The minimum atomic E-state index is 1.14. The summed E-state index contributed by atoms with van der Waals surface area (Å²) in [6.45, 7) is 2.18. The van der Waals surface area contributed by atoms with E-state index in [9.17, 15) is 0 Å². The maximum absolute atomic E-state index is 2.36. The maximum atomic E-state index is 2.36. The maximum Gasteiger partial charge on any atom is 0.0468 e. The van der Waals surface area contributed by atoms with Gasteiger partial charge in [-0.25, -0.2) is 0 Å². The van der Waals surface area contributed by atoms with Crippen molar-refractivity contribution in [3.63, 3.8) is 0 Å². The van der Waals surface area contributed by atoms with Crippen LogP contribution in [0.3, 0.4) is 0 Å². The molecule has 180 valence electrons. The van der Waals surface area contributed by atoms with Gasteiger partial charge in [0.2, 0.25) is 0 Å². The third-order valence-corrected chi connectivity index (χ3v) is 7.48. The van der Waals surface area contributed by atoms with Gasteiger partial charge in [0.25, 0.3) is 0 Å². The average molecular weight is 486 g/mol. The van der Waals surface area contributed by atoms with Crippen LogP contribution in [0.15, 0.2) is 146 Å². The molecule has 0 bridgehead atoms. The van der Waals surface area contributed by atoms with E-state index in [4.69, 9.17) is 0 Å². The van der Waals surface area contributed by atoms with Crippen LogP contribution in [0, 0.1) is 6.92 Å². The normalized spacial score (nSPS) is 11.3. The Bertz CT molecular complexity index is 1900. The van der Waals surface area contributed by atoms with Crippen LogP contribution >= 0.6 is 0 Å². The second-order valence-electron chi connectivity index (χ2n) is 9.91. The number of rotatable bonds is 4. The van der Waals surface area contributed by atoms with E-state index in [0.717, 1.165) is 17.1 Å². The molecule has 0 aliphatic carbocycles. The molecule has 0 unspecified atom stereocenters. The molecule has 0 aromatic heterocycles. The van der Waals surface area contributed by atoms with E-state index < -0.39 is 0 Å². The van der Waals surface area contributed by atoms with Crippen molar-refractivity contribution in [1.82, 2.24) is 0 Å². The highest BCUT2D eigenvalue weighted by Gasteiger charge is 2.15. The van der Waals surface area contributed by atoms with Crippen LogP contribution in [-0.2, 0) is 0 Å². The summed E-state index contributed by atoms with van der Waals surface area (Å²) in [6.07, 6.45) is 0. The summed E-state index contributed by atoms with van der Waals surface area (Å²) in [4.78, 5) is 2.35. The number of hydrogen-bond acceptors (Lipinski definition) is 1. The molecule has 0 saturated heterocycles. The van der Waals surface area contributed by atoms with Crippen molar-refractivity contribution in [2.75, 3.05) is 4.90 Å². The Labute approximate surface area is 223 Å². The van der Waals surface area contributed by atoms with E-state index in [1.807, 2.05) is 0 Å². The zero-order chi connectivity index (χ0) is 25.5. The molecule has 1 nitrogen and oxygen atoms in total. The Morgan fingerprint density at radius 1 is 0.342 bits per heavy atom. The first-order valence-corrected chi connectivity index (χ1v) is 13.1. The summed E-state index contributed by atoms with van der Waals surface area (Å²) in [6, 6.07) is 52.6. The van der Waals surface area contributed by atoms with Crippen LogP contribution in [0.1, 0.15) is 5.56 Å². The fourth-order valence-electron chi connectivity index (χ4n) is 5.66. The highest BCUT2D eigenvalue weighted by Crippen LogP contribution is 2.41. The zero-order valence-electron chi connectivity index (χ0n) is 21.3. The van der Waals surface area contributed by atoms with Crippen molar-refractivity contribution < 1.29 is 0 Å². The van der Waals surface area contributed by atoms with Crippen LogP contribution in [0.4, 0.5) is 17.1 Å². The Morgan fingerprint density at radius 2 is 0.816 bits per heavy atom. The molecule has 1 heteroatoms. The van der Waals surface area contributed by atoms with Gasteiger partial charge in [-0.3, -0.25) is 0 Å². The lowest BCUT2D eigenvalue weighted by Crippen LogP contribution is -2.09. The van der Waals surface area contributed by atoms with Crippen LogP contribution in [0.2, 0.25) is 0 Å². The van der Waals surface area contributed by atoms with Gasteiger partial charge in [0.15, 0.2) is 0 Å². The van der Waals surface area contributed by atoms with Crippen LogP contribution in [0.5, 0.6) is 0 Å². The lowest BCUT2D eigenvalue weighted by atomic mass is 9.93. The summed E-state index contributed by atoms with van der Waals surface area (Å²) in [7, 11) is 0. The number of aryl methyl sites for hydroxylation is 1. The smallest absolute Gasteiger partial charge is 0.0468 e. The molecular formula is C37H27N. The fourth-order valence-corrected chi connectivity index (χ4v) is 5.66. The summed E-state index contributed by atoms with van der Waals surface area (Å²) in [5, 5.41) is 7.77. The fraction of sp³-hybridized carbons (Fsp3) is 0.0270. The molecule has 0 atom stereocenters. The minimum absolute atomic E-state index is 1.14. The highest BCUT2D eigenvalue weighted by atomic mass is 15.1. The molecule has 0 amide bonds. The molecule has 38 heavy (non-hydrogen) atoms. The van der Waals surface area contributed by atoms with Gasteiger partial charge in [-0.2, -0.15) is 0 Å². The Balaban J connectivity index is 1.45. The number of benzene rings is 7. The minimum Gasteiger partial charge on any atom is -0.310 e. The predicted molar refractivity (Wildman–Crippen MR) is 164 cm³/mol. The predicted octanol–water partition coefficient (Wildman–Crippen LogP) is 10.6. The van der Waals surface area contributed by atoms with Gasteiger partial charge in [-0.1, -0.05) is 115 Å². The van der Waals surface area contributed by atoms with Crippen LogP contribution < -0.4 is 4.90 Å². The average Bonchev–Trinajstić information content (AvgIpc) is 2.99. The molecule has 0 saturated carbocycles. The van der Waals surface area contributed by atoms with Gasteiger partial charge in [-0.15, -0.1) is 0 Å². The van der Waals surface area contributed by atoms with E-state index in [0.29, 0.717) is 0 Å². The first-order chi connectivity index (χ1) is 18.8. The van der Waals surface area contributed by atoms with E-state index in [1.54, 1.807) is 0 Å². The largest absolute Gasteiger partial charge is 0.310 e. The van der Waals surface area contributed by atoms with E-state index >= 15 is 0 Å². The summed E-state index contributed by atoms with van der Waals surface area (Å²) >= 11 is 0. The first kappa shape index (κ1) is 22.3. The van der Waals surface area contributed by atoms with Crippen molar-refractivity contribution in [2.24, 2.45) is 0 Å². The molecule has 7 rings (SSSR count). The molecule has 7 aromatic carbocycles. The van der Waals surface area contributed by atoms with Crippen molar-refractivity contribution in [3.05, 3.63) is 151 Å². The Morgan fingerprint density at radius 3 is 1.50 bits per heavy atom. The number of fused-ring (bicyclic) bond motifs is 6. The summed E-state index contributed by atoms with van der Waals surface area (Å²) in [5.41, 5.74) is 7.14. The van der Waals surface area contributed by atoms with E-state index in [2.05, 4.69) is 157 Å². The van der Waals surface area contributed by atoms with Crippen molar-refractivity contribution in [2.45, 2.75) is 6.92 Å². The SMILES string of the molecule is Cc1ccc2c3ccccc3c3ccc(N(c4ccccc4)c4ccc(-c5ccccc5)cc4)cc3c2c1. The van der Waals surface area contributed by atoms with Gasteiger partial charge < -0.3 is 4.90 Å². The monoisotopic (exact) mass is 485 g/mol. The first-order valence-electron chi connectivity index (χ1n) is 13.1. The van der Waals surface area contributed by atoms with E-state index in [-0.39, 0.29) is 0 Å². The van der Waals surface area contributed by atoms with Crippen molar-refractivity contribution >= 4 is 49.4 Å². The van der Waals surface area contributed by atoms with Gasteiger partial charge in [0.05, 0.1) is 0 Å². The second-order valence-corrected chi connectivity index (χ2v) is 9.91. The van der Waals surface area contributed by atoms with Gasteiger partial charge >= 0.3 is 0 Å². The lowest BCUT2D eigenvalue weighted by Gasteiger charge is -2.26. The Hall–Kier alpha value is -4.88. The standard InChI is InChI=1S/C37H27N/c1-26-16-22-34-32-14-8-9-15-33(32)35-23-21-31(25-37(35)36(34)24-26)38(29-12-6-3-7-13-29)30-19-17-28(18-20-30)27-10-4-2-5-11-27/h2-25H,1H3. The highest BCUT2D eigenvalue weighted by molar-refractivity contribution is 6.25. The molecule has 0 heterocycles. The lowest BCUT2D eigenvalue weighted by molar-refractivity contribution is 1.29. The molecule has 0 spiro atoms. The Kier molecular flexibility index (Phi) is 5.41. The summed E-state index contributed by atoms with van der Waals surface area (Å²) in [5.74, 6) is 0. The van der Waals surface area contributed by atoms with E-state index in [1.165, 1.54) is 49.0 Å². The third kappa shape index (κ3) is 3.81. The number of para-hydroxylation sites is 1. The molecule has 0 aliphatic rings. The number of nitrogens with zero attached hydrogens (tertiary/aromatic N) is 1. The quantitative estimate of drug-likeness (QED) is 0.224. The van der Waals surface area contributed by atoms with Gasteiger partial charge in [0.1, 0.15) is 0 Å². The molecule has 0 fully saturated rings. The molecule has 7 aromatic rings. The summed E-state index contributed by atoms with van der Waals surface area (Å²) < 4.78 is 0. The number of hydrogen-bond donors (Lipinski definition) is 0. The second kappa shape index (κ2) is 9.21. The molecular weight excluding hydrogens is 458 g/mol. The topological polar surface area (TPSA) is 3.24 Å². The molecule has 0 N–H and O–H groups in total.